The third-order valence-electron chi connectivity index (χ3n) is 9.69. The third kappa shape index (κ3) is 1.72. The van der Waals surface area contributed by atoms with Gasteiger partial charge in [-0.25, -0.2) is 0 Å². The van der Waals surface area contributed by atoms with E-state index in [0.29, 0.717) is 30.3 Å². The van der Waals surface area contributed by atoms with E-state index in [1.165, 1.54) is 18.4 Å². The molecule has 6 rings (SSSR count). The molecule has 26 heavy (non-hydrogen) atoms. The molecule has 0 aromatic carbocycles. The van der Waals surface area contributed by atoms with E-state index in [4.69, 9.17) is 9.47 Å². The number of carbonyl (C=O) groups excluding carboxylic acids is 1. The maximum Gasteiger partial charge on any atom is 0.306 e. The molecule has 3 saturated carbocycles. The first-order chi connectivity index (χ1) is 12.4. The predicted molar refractivity (Wildman–Crippen MR) is 95.2 cm³/mol. The molecular weight excluding hydrogens is 328 g/mol. The third-order valence-corrected chi connectivity index (χ3v) is 9.69. The van der Waals surface area contributed by atoms with Gasteiger partial charge in [-0.05, 0) is 73.7 Å². The van der Waals surface area contributed by atoms with Crippen molar-refractivity contribution in [2.45, 2.75) is 89.1 Å². The lowest BCUT2D eigenvalue weighted by molar-refractivity contribution is -0.167. The maximum absolute atomic E-state index is 12.0. The summed E-state index contributed by atoms with van der Waals surface area (Å²) in [7, 11) is 0. The highest BCUT2D eigenvalue weighted by atomic mass is 16.6. The van der Waals surface area contributed by atoms with Crippen molar-refractivity contribution < 1.29 is 19.4 Å². The standard InChI is InChI=1S/C22H30O4/c1-20-7-3-12(23)11-15(20)18-19(25-18)17-13(20)4-8-21(2)14(17)5-9-22(21)10-6-16(24)26-22/h11-14,17-19,23H,3-10H2,1-2H3/t12-,13-,14-,17+,18-,19+,20+,21-,22+/m0/s1. The Balaban J connectivity index is 1.40. The topological polar surface area (TPSA) is 59.1 Å². The number of rotatable bonds is 0. The Kier molecular flexibility index (Phi) is 2.94. The summed E-state index contributed by atoms with van der Waals surface area (Å²) in [6, 6.07) is 0. The second-order valence-corrected chi connectivity index (χ2v) is 10.4. The van der Waals surface area contributed by atoms with Crippen molar-refractivity contribution in [3.63, 3.8) is 0 Å². The Morgan fingerprint density at radius 1 is 1.08 bits per heavy atom. The molecule has 0 aromatic rings. The Morgan fingerprint density at radius 3 is 2.65 bits per heavy atom. The highest BCUT2D eigenvalue weighted by Gasteiger charge is 2.72. The SMILES string of the molecule is C[C@]12CC[C@H](O)C=C1[C@@H]1O[C@@H]1[C@@H]1[C@@H]2CC[C@@]2(C)[C@H]1CC[C@@]21CCC(=O)O1. The van der Waals surface area contributed by atoms with Crippen LogP contribution in [0.25, 0.3) is 0 Å². The molecule has 5 fully saturated rings. The molecule has 0 bridgehead atoms. The molecule has 0 amide bonds. The van der Waals surface area contributed by atoms with E-state index in [1.807, 2.05) is 0 Å². The fourth-order valence-corrected chi connectivity index (χ4v) is 8.25. The van der Waals surface area contributed by atoms with Gasteiger partial charge in [-0.3, -0.25) is 4.79 Å². The molecule has 1 spiro atoms. The fourth-order valence-electron chi connectivity index (χ4n) is 8.25. The van der Waals surface area contributed by atoms with Gasteiger partial charge in [0.25, 0.3) is 0 Å². The van der Waals surface area contributed by atoms with Gasteiger partial charge in [0.05, 0.1) is 12.2 Å². The van der Waals surface area contributed by atoms with Crippen LogP contribution in [0, 0.1) is 28.6 Å². The largest absolute Gasteiger partial charge is 0.458 e. The summed E-state index contributed by atoms with van der Waals surface area (Å²) in [6.07, 6.45) is 10.5. The number of carbonyl (C=O) groups is 1. The number of esters is 1. The lowest BCUT2D eigenvalue weighted by Gasteiger charge is -2.58. The van der Waals surface area contributed by atoms with Crippen molar-refractivity contribution >= 4 is 5.97 Å². The summed E-state index contributed by atoms with van der Waals surface area (Å²) in [5.41, 5.74) is 1.49. The van der Waals surface area contributed by atoms with Crippen molar-refractivity contribution in [2.75, 3.05) is 0 Å². The van der Waals surface area contributed by atoms with Crippen LogP contribution in [-0.2, 0) is 14.3 Å². The molecule has 9 atom stereocenters. The van der Waals surface area contributed by atoms with Crippen molar-refractivity contribution in [3.05, 3.63) is 11.6 Å². The first kappa shape index (κ1) is 16.1. The molecule has 0 radical (unpaired) electrons. The first-order valence-electron chi connectivity index (χ1n) is 10.7. The van der Waals surface area contributed by atoms with Gasteiger partial charge in [-0.1, -0.05) is 19.9 Å². The minimum atomic E-state index is -0.291. The molecule has 2 aliphatic heterocycles. The molecule has 0 aromatic heterocycles. The smallest absolute Gasteiger partial charge is 0.306 e. The van der Waals surface area contributed by atoms with Crippen molar-refractivity contribution in [1.29, 1.82) is 0 Å². The van der Waals surface area contributed by atoms with Gasteiger partial charge in [-0.15, -0.1) is 0 Å². The summed E-state index contributed by atoms with van der Waals surface area (Å²) in [4.78, 5) is 12.0. The second-order valence-electron chi connectivity index (χ2n) is 10.4. The zero-order chi connectivity index (χ0) is 17.9. The number of aliphatic hydroxyl groups is 1. The highest BCUT2D eigenvalue weighted by molar-refractivity contribution is 5.72. The summed E-state index contributed by atoms with van der Waals surface area (Å²) in [6.45, 7) is 4.85. The predicted octanol–water partition coefficient (Wildman–Crippen LogP) is 3.37. The number of hydrogen-bond donors (Lipinski definition) is 1. The molecule has 1 N–H and O–H groups in total. The fraction of sp³-hybridized carbons (Fsp3) is 0.864. The molecule has 4 heteroatoms. The summed E-state index contributed by atoms with van der Waals surface area (Å²) in [5.74, 6) is 1.86. The summed E-state index contributed by atoms with van der Waals surface area (Å²) in [5, 5.41) is 10.2. The normalized spacial score (nSPS) is 59.8. The monoisotopic (exact) mass is 358 g/mol. The molecule has 2 heterocycles. The molecule has 2 saturated heterocycles. The summed E-state index contributed by atoms with van der Waals surface area (Å²) >= 11 is 0. The first-order valence-corrected chi connectivity index (χ1v) is 10.7. The van der Waals surface area contributed by atoms with Gasteiger partial charge < -0.3 is 14.6 Å². The van der Waals surface area contributed by atoms with Crippen LogP contribution in [0.2, 0.25) is 0 Å². The van der Waals surface area contributed by atoms with E-state index in [-0.39, 0.29) is 34.6 Å². The molecule has 4 aliphatic carbocycles. The van der Waals surface area contributed by atoms with Gasteiger partial charge in [0.2, 0.25) is 0 Å². The lowest BCUT2D eigenvalue weighted by atomic mass is 9.46. The van der Waals surface area contributed by atoms with Crippen LogP contribution in [0.5, 0.6) is 0 Å². The number of epoxide rings is 1. The van der Waals surface area contributed by atoms with Crippen LogP contribution in [0.3, 0.4) is 0 Å². The van der Waals surface area contributed by atoms with E-state index in [9.17, 15) is 9.90 Å². The Bertz CT molecular complexity index is 715. The number of ether oxygens (including phenoxy) is 2. The van der Waals surface area contributed by atoms with Crippen molar-refractivity contribution in [2.24, 2.45) is 28.6 Å². The van der Waals surface area contributed by atoms with Crippen LogP contribution in [-0.4, -0.2) is 35.0 Å². The molecule has 142 valence electrons. The van der Waals surface area contributed by atoms with E-state index in [1.54, 1.807) is 0 Å². The molecule has 0 unspecified atom stereocenters. The second kappa shape index (κ2) is 4.75. The van der Waals surface area contributed by atoms with Gasteiger partial charge >= 0.3 is 5.97 Å². The van der Waals surface area contributed by atoms with Gasteiger partial charge in [0.15, 0.2) is 0 Å². The lowest BCUT2D eigenvalue weighted by Crippen LogP contribution is -2.56. The quantitative estimate of drug-likeness (QED) is 0.410. The molecular formula is C22H30O4. The Labute approximate surface area is 155 Å². The maximum atomic E-state index is 12.0. The molecule has 4 nitrogen and oxygen atoms in total. The van der Waals surface area contributed by atoms with Gasteiger partial charge in [-0.2, -0.15) is 0 Å². The van der Waals surface area contributed by atoms with E-state index >= 15 is 0 Å². The van der Waals surface area contributed by atoms with Crippen LogP contribution in [0.4, 0.5) is 0 Å². The van der Waals surface area contributed by atoms with Gasteiger partial charge in [0.1, 0.15) is 11.7 Å². The Morgan fingerprint density at radius 2 is 1.88 bits per heavy atom. The summed E-state index contributed by atoms with van der Waals surface area (Å²) < 4.78 is 12.3. The average molecular weight is 358 g/mol. The van der Waals surface area contributed by atoms with E-state index in [0.717, 1.165) is 32.1 Å². The highest BCUT2D eigenvalue weighted by Crippen LogP contribution is 2.72. The zero-order valence-corrected chi connectivity index (χ0v) is 15.9. The number of fused-ring (bicyclic) bond motifs is 9. The minimum Gasteiger partial charge on any atom is -0.458 e. The Hall–Kier alpha value is -0.870. The molecule has 6 aliphatic rings. The minimum absolute atomic E-state index is 0.0108. The van der Waals surface area contributed by atoms with Crippen molar-refractivity contribution in [1.82, 2.24) is 0 Å². The zero-order valence-electron chi connectivity index (χ0n) is 15.9. The number of hydrogen-bond acceptors (Lipinski definition) is 4. The van der Waals surface area contributed by atoms with E-state index in [2.05, 4.69) is 19.9 Å². The van der Waals surface area contributed by atoms with E-state index < -0.39 is 0 Å². The van der Waals surface area contributed by atoms with Crippen LogP contribution < -0.4 is 0 Å². The van der Waals surface area contributed by atoms with Crippen molar-refractivity contribution in [3.8, 4) is 0 Å². The van der Waals surface area contributed by atoms with Crippen LogP contribution in [0.1, 0.15) is 65.2 Å². The number of aliphatic hydroxyl groups excluding tert-OH is 1. The van der Waals surface area contributed by atoms with Gasteiger partial charge in [0, 0.05) is 11.8 Å². The van der Waals surface area contributed by atoms with Crippen LogP contribution in [0.15, 0.2) is 11.6 Å². The average Bonchev–Trinajstić information content (AvgIpc) is 3.23. The van der Waals surface area contributed by atoms with Crippen LogP contribution >= 0.6 is 0 Å².